The Morgan fingerprint density at radius 2 is 1.95 bits per heavy atom. The number of ketones is 1. The molecule has 10 nitrogen and oxygen atoms in total. The Kier molecular flexibility index (Phi) is 5.75. The molecule has 4 aromatic rings. The highest BCUT2D eigenvalue weighted by atomic mass is 16.5. The molecule has 0 unspecified atom stereocenters. The van der Waals surface area contributed by atoms with E-state index in [4.69, 9.17) is 19.6 Å². The highest BCUT2D eigenvalue weighted by Crippen LogP contribution is 2.53. The van der Waals surface area contributed by atoms with Gasteiger partial charge in [0.1, 0.15) is 17.3 Å². The van der Waals surface area contributed by atoms with Crippen LogP contribution in [0.5, 0.6) is 11.5 Å². The van der Waals surface area contributed by atoms with Gasteiger partial charge in [-0.05, 0) is 31.7 Å². The summed E-state index contributed by atoms with van der Waals surface area (Å²) in [5.41, 5.74) is 3.71. The molecule has 3 aliphatic rings. The fourth-order valence-corrected chi connectivity index (χ4v) is 5.85. The van der Waals surface area contributed by atoms with E-state index in [1.54, 1.807) is 18.5 Å². The first-order valence-corrected chi connectivity index (χ1v) is 14.1. The number of hydrogen-bond acceptors (Lipinski definition) is 8. The lowest BCUT2D eigenvalue weighted by molar-refractivity contribution is -0.176. The molecular weight excluding hydrogens is 506 g/mol. The molecule has 0 aromatic carbocycles. The predicted molar refractivity (Wildman–Crippen MR) is 150 cm³/mol. The molecular formula is C30H35N7O3. The molecule has 7 rings (SSSR count). The first-order valence-electron chi connectivity index (χ1n) is 14.1. The maximum Gasteiger partial charge on any atom is 0.210 e. The van der Waals surface area contributed by atoms with E-state index in [-0.39, 0.29) is 17.1 Å². The van der Waals surface area contributed by atoms with Crippen LogP contribution in [0.4, 0.5) is 11.8 Å². The Bertz CT molecular complexity index is 1600. The number of imidazole rings is 1. The van der Waals surface area contributed by atoms with Crippen molar-refractivity contribution in [3.63, 3.8) is 0 Å². The lowest BCUT2D eigenvalue weighted by Gasteiger charge is -2.53. The maximum atomic E-state index is 12.2. The summed E-state index contributed by atoms with van der Waals surface area (Å²) in [4.78, 5) is 25.8. The van der Waals surface area contributed by atoms with Crippen LogP contribution in [0.3, 0.4) is 0 Å². The summed E-state index contributed by atoms with van der Waals surface area (Å²) in [6.07, 6.45) is 7.92. The van der Waals surface area contributed by atoms with Gasteiger partial charge in [-0.15, -0.1) is 0 Å². The van der Waals surface area contributed by atoms with Crippen LogP contribution in [0, 0.1) is 11.3 Å². The number of nitrogens with one attached hydrogen (secondary N) is 1. The number of fused-ring (bicyclic) bond motifs is 1. The average molecular weight is 542 g/mol. The third-order valence-corrected chi connectivity index (χ3v) is 8.37. The zero-order valence-corrected chi connectivity index (χ0v) is 23.5. The van der Waals surface area contributed by atoms with E-state index < -0.39 is 0 Å². The first-order chi connectivity index (χ1) is 19.2. The minimum atomic E-state index is -0.0377. The molecule has 1 N–H and O–H groups in total. The number of pyridine rings is 2. The molecule has 0 bridgehead atoms. The zero-order chi connectivity index (χ0) is 27.6. The largest absolute Gasteiger partial charge is 0.456 e. The summed E-state index contributed by atoms with van der Waals surface area (Å²) in [5, 5.41) is 8.41. The predicted octanol–water partition coefficient (Wildman–Crippen LogP) is 5.27. The van der Waals surface area contributed by atoms with Gasteiger partial charge in [-0.25, -0.2) is 4.98 Å². The summed E-state index contributed by atoms with van der Waals surface area (Å²) in [5.74, 6) is 3.12. The van der Waals surface area contributed by atoms with Crippen molar-refractivity contribution in [1.29, 1.82) is 0 Å². The molecule has 2 aliphatic carbocycles. The summed E-state index contributed by atoms with van der Waals surface area (Å²) < 4.78 is 15.7. The van der Waals surface area contributed by atoms with E-state index in [1.165, 1.54) is 5.69 Å². The summed E-state index contributed by atoms with van der Waals surface area (Å²) >= 11 is 0. The molecule has 1 spiro atoms. The van der Waals surface area contributed by atoms with Gasteiger partial charge in [0.2, 0.25) is 5.95 Å². The van der Waals surface area contributed by atoms with Gasteiger partial charge in [-0.1, -0.05) is 20.8 Å². The third kappa shape index (κ3) is 4.64. The highest BCUT2D eigenvalue weighted by Gasteiger charge is 2.51. The minimum absolute atomic E-state index is 0.0377. The van der Waals surface area contributed by atoms with Crippen molar-refractivity contribution in [3.8, 4) is 11.5 Å². The number of carbonyl (C=O) groups is 1. The molecule has 0 atom stereocenters. The van der Waals surface area contributed by atoms with Gasteiger partial charge in [-0.2, -0.15) is 10.1 Å². The fourth-order valence-electron chi connectivity index (χ4n) is 5.85. The van der Waals surface area contributed by atoms with E-state index in [1.807, 2.05) is 23.7 Å². The first kappa shape index (κ1) is 25.2. The zero-order valence-electron chi connectivity index (χ0n) is 23.5. The Hall–Kier alpha value is -3.79. The molecule has 3 fully saturated rings. The number of aromatic nitrogens is 6. The average Bonchev–Trinajstić information content (AvgIpc) is 3.56. The van der Waals surface area contributed by atoms with Crippen LogP contribution >= 0.6 is 0 Å². The quantitative estimate of drug-likeness (QED) is 0.322. The van der Waals surface area contributed by atoms with Crippen molar-refractivity contribution in [2.75, 3.05) is 18.5 Å². The van der Waals surface area contributed by atoms with Crippen molar-refractivity contribution in [2.24, 2.45) is 18.4 Å². The normalized spacial score (nSPS) is 18.5. The molecule has 208 valence electrons. The van der Waals surface area contributed by atoms with Crippen molar-refractivity contribution in [2.45, 2.75) is 64.3 Å². The standard InChI is InChI=1S/C30H35N7O3/c1-29(2,3)25-12-26(35-37(25)20-13-30(14-20)16-39-17-30)33-28-34-27-23(36(28)4)11-22(15-32-27)40-21-7-8-31-19(9-21)10-24(38)18-5-6-18/h7-9,11-12,15,18,20H,5-6,10,13-14,16-17H2,1-4H3,(H,32,33,34,35). The maximum absolute atomic E-state index is 12.2. The number of ether oxygens (including phenoxy) is 2. The van der Waals surface area contributed by atoms with Crippen molar-refractivity contribution >= 4 is 28.7 Å². The Morgan fingerprint density at radius 1 is 1.15 bits per heavy atom. The van der Waals surface area contributed by atoms with Crippen LogP contribution in [0.15, 0.2) is 36.7 Å². The highest BCUT2D eigenvalue weighted by molar-refractivity contribution is 5.85. The van der Waals surface area contributed by atoms with Gasteiger partial charge < -0.3 is 19.4 Å². The molecule has 5 heterocycles. The van der Waals surface area contributed by atoms with Gasteiger partial charge in [-0.3, -0.25) is 14.5 Å². The van der Waals surface area contributed by atoms with Gasteiger partial charge in [0, 0.05) is 60.3 Å². The van der Waals surface area contributed by atoms with Crippen LogP contribution in [0.2, 0.25) is 0 Å². The number of anilines is 2. The number of hydrogen-bond donors (Lipinski definition) is 1. The smallest absolute Gasteiger partial charge is 0.210 e. The summed E-state index contributed by atoms with van der Waals surface area (Å²) in [6, 6.07) is 8.07. The van der Waals surface area contributed by atoms with Gasteiger partial charge in [0.05, 0.1) is 36.7 Å². The van der Waals surface area contributed by atoms with E-state index >= 15 is 0 Å². The topological polar surface area (TPSA) is 109 Å². The van der Waals surface area contributed by atoms with E-state index in [0.717, 1.165) is 55.9 Å². The Labute approximate surface area is 233 Å². The second kappa shape index (κ2) is 9.12. The van der Waals surface area contributed by atoms with Crippen molar-refractivity contribution in [3.05, 3.63) is 48.0 Å². The summed E-state index contributed by atoms with van der Waals surface area (Å²) in [6.45, 7) is 8.43. The Balaban J connectivity index is 1.10. The van der Waals surface area contributed by atoms with E-state index in [0.29, 0.717) is 41.0 Å². The second-order valence-electron chi connectivity index (χ2n) is 12.8. The second-order valence-corrected chi connectivity index (χ2v) is 12.8. The van der Waals surface area contributed by atoms with Crippen molar-refractivity contribution < 1.29 is 14.3 Å². The monoisotopic (exact) mass is 541 g/mol. The van der Waals surface area contributed by atoms with Crippen LogP contribution in [0.1, 0.15) is 63.9 Å². The van der Waals surface area contributed by atoms with Crippen molar-refractivity contribution in [1.82, 2.24) is 29.3 Å². The number of nitrogens with zero attached hydrogens (tertiary/aromatic N) is 6. The van der Waals surface area contributed by atoms with E-state index in [2.05, 4.69) is 46.8 Å². The Morgan fingerprint density at radius 3 is 2.65 bits per heavy atom. The summed E-state index contributed by atoms with van der Waals surface area (Å²) in [7, 11) is 1.95. The number of carbonyl (C=O) groups excluding carboxylic acids is 1. The molecule has 10 heteroatoms. The molecule has 40 heavy (non-hydrogen) atoms. The van der Waals surface area contributed by atoms with Crippen LogP contribution < -0.4 is 10.1 Å². The van der Waals surface area contributed by atoms with Gasteiger partial charge in [0.25, 0.3) is 0 Å². The lowest BCUT2D eigenvalue weighted by Crippen LogP contribution is -2.53. The molecule has 1 saturated heterocycles. The number of Topliss-reactive ketones (excluding diaryl/α,β-unsaturated/α-hetero) is 1. The molecule has 0 amide bonds. The van der Waals surface area contributed by atoms with Gasteiger partial charge in [0.15, 0.2) is 11.5 Å². The number of aryl methyl sites for hydroxylation is 1. The van der Waals surface area contributed by atoms with Crippen LogP contribution in [0.25, 0.3) is 11.2 Å². The minimum Gasteiger partial charge on any atom is -0.456 e. The SMILES string of the molecule is Cn1c(Nc2cc(C(C)(C)C)n(C3CC4(COC4)C3)n2)nc2ncc(Oc3ccnc(CC(=O)C4CC4)c3)cc21. The molecule has 4 aromatic heterocycles. The molecule has 1 aliphatic heterocycles. The van der Waals surface area contributed by atoms with Crippen LogP contribution in [-0.2, 0) is 28.4 Å². The fraction of sp³-hybridized carbons (Fsp3) is 0.500. The molecule has 2 saturated carbocycles. The van der Waals surface area contributed by atoms with Gasteiger partial charge >= 0.3 is 0 Å². The molecule has 0 radical (unpaired) electrons. The lowest BCUT2D eigenvalue weighted by atomic mass is 9.64. The van der Waals surface area contributed by atoms with E-state index in [9.17, 15) is 4.79 Å². The van der Waals surface area contributed by atoms with Crippen LogP contribution in [-0.4, -0.2) is 48.3 Å². The third-order valence-electron chi connectivity index (χ3n) is 8.37. The number of rotatable bonds is 8.